The molecule has 96 valence electrons. The van der Waals surface area contributed by atoms with E-state index < -0.39 is 0 Å². The van der Waals surface area contributed by atoms with E-state index in [1.807, 2.05) is 6.07 Å². The summed E-state index contributed by atoms with van der Waals surface area (Å²) in [6.07, 6.45) is 0.870. The molecule has 1 aromatic rings. The fourth-order valence-electron chi connectivity index (χ4n) is 2.05. The molecular weight excluding hydrogens is 234 g/mol. The van der Waals surface area contributed by atoms with E-state index in [2.05, 4.69) is 26.8 Å². The summed E-state index contributed by atoms with van der Waals surface area (Å²) in [6, 6.07) is 4.16. The maximum absolute atomic E-state index is 9.18. The molecule has 0 saturated heterocycles. The molecule has 0 heterocycles. The molecule has 1 rings (SSSR count). The Balaban J connectivity index is 2.88. The SMILES string of the molecule is Cc1cc(Cl)c(C(C)CC(CN)CO)cc1C. The lowest BCUT2D eigenvalue weighted by atomic mass is 9.89. The second-order valence-corrected chi connectivity index (χ2v) is 5.29. The van der Waals surface area contributed by atoms with Crippen molar-refractivity contribution in [2.45, 2.75) is 33.1 Å². The molecule has 3 heteroatoms. The Morgan fingerprint density at radius 2 is 1.88 bits per heavy atom. The Kier molecular flexibility index (Phi) is 5.44. The van der Waals surface area contributed by atoms with Gasteiger partial charge in [-0.25, -0.2) is 0 Å². The summed E-state index contributed by atoms with van der Waals surface area (Å²) in [5.41, 5.74) is 9.23. The Labute approximate surface area is 109 Å². The van der Waals surface area contributed by atoms with Crippen molar-refractivity contribution in [1.82, 2.24) is 0 Å². The number of halogens is 1. The minimum absolute atomic E-state index is 0.142. The van der Waals surface area contributed by atoms with Gasteiger partial charge in [0, 0.05) is 11.6 Å². The van der Waals surface area contributed by atoms with E-state index in [4.69, 9.17) is 17.3 Å². The zero-order valence-corrected chi connectivity index (χ0v) is 11.6. The minimum atomic E-state index is 0.142. The van der Waals surface area contributed by atoms with E-state index in [0.717, 1.165) is 17.0 Å². The zero-order valence-electron chi connectivity index (χ0n) is 10.8. The van der Waals surface area contributed by atoms with E-state index in [1.54, 1.807) is 0 Å². The second kappa shape index (κ2) is 6.39. The molecule has 0 spiro atoms. The summed E-state index contributed by atoms with van der Waals surface area (Å²) in [5.74, 6) is 0.477. The third kappa shape index (κ3) is 3.70. The lowest BCUT2D eigenvalue weighted by Crippen LogP contribution is -2.20. The van der Waals surface area contributed by atoms with Crippen molar-refractivity contribution in [3.8, 4) is 0 Å². The Morgan fingerprint density at radius 1 is 1.29 bits per heavy atom. The highest BCUT2D eigenvalue weighted by Gasteiger charge is 2.15. The highest BCUT2D eigenvalue weighted by Crippen LogP contribution is 2.31. The van der Waals surface area contributed by atoms with Crippen LogP contribution >= 0.6 is 11.6 Å². The normalized spacial score (nSPS) is 14.7. The zero-order chi connectivity index (χ0) is 13.0. The van der Waals surface area contributed by atoms with Crippen molar-refractivity contribution < 1.29 is 5.11 Å². The van der Waals surface area contributed by atoms with Gasteiger partial charge in [-0.1, -0.05) is 24.6 Å². The number of aliphatic hydroxyl groups excluding tert-OH is 1. The number of aryl methyl sites for hydroxylation is 2. The van der Waals surface area contributed by atoms with Crippen molar-refractivity contribution in [2.24, 2.45) is 11.7 Å². The first-order chi connectivity index (χ1) is 7.99. The molecule has 0 aliphatic heterocycles. The van der Waals surface area contributed by atoms with Crippen LogP contribution in [0.25, 0.3) is 0 Å². The fraction of sp³-hybridized carbons (Fsp3) is 0.571. The topological polar surface area (TPSA) is 46.2 Å². The van der Waals surface area contributed by atoms with Crippen LogP contribution < -0.4 is 5.73 Å². The van der Waals surface area contributed by atoms with Gasteiger partial charge >= 0.3 is 0 Å². The van der Waals surface area contributed by atoms with Gasteiger partial charge in [-0.05, 0) is 61.4 Å². The number of aliphatic hydroxyl groups is 1. The molecule has 0 bridgehead atoms. The van der Waals surface area contributed by atoms with Crippen LogP contribution in [0.15, 0.2) is 12.1 Å². The molecular formula is C14H22ClNO. The van der Waals surface area contributed by atoms with Gasteiger partial charge in [0.25, 0.3) is 0 Å². The predicted octanol–water partition coefficient (Wildman–Crippen LogP) is 3.02. The third-order valence-electron chi connectivity index (χ3n) is 3.42. The summed E-state index contributed by atoms with van der Waals surface area (Å²) in [4.78, 5) is 0. The van der Waals surface area contributed by atoms with Gasteiger partial charge in [0.2, 0.25) is 0 Å². The molecule has 0 radical (unpaired) electrons. The van der Waals surface area contributed by atoms with Crippen LogP contribution in [0, 0.1) is 19.8 Å². The molecule has 2 nitrogen and oxygen atoms in total. The molecule has 0 saturated carbocycles. The van der Waals surface area contributed by atoms with Crippen LogP contribution in [-0.4, -0.2) is 18.3 Å². The van der Waals surface area contributed by atoms with Gasteiger partial charge in [0.05, 0.1) is 0 Å². The highest BCUT2D eigenvalue weighted by molar-refractivity contribution is 6.31. The maximum Gasteiger partial charge on any atom is 0.0471 e. The maximum atomic E-state index is 9.18. The summed E-state index contributed by atoms with van der Waals surface area (Å²) < 4.78 is 0. The first-order valence-electron chi connectivity index (χ1n) is 6.07. The van der Waals surface area contributed by atoms with Crippen molar-refractivity contribution in [3.63, 3.8) is 0 Å². The van der Waals surface area contributed by atoms with Gasteiger partial charge in [-0.3, -0.25) is 0 Å². The van der Waals surface area contributed by atoms with Gasteiger partial charge in [-0.15, -0.1) is 0 Å². The van der Waals surface area contributed by atoms with Crippen LogP contribution in [0.3, 0.4) is 0 Å². The van der Waals surface area contributed by atoms with Crippen molar-refractivity contribution in [1.29, 1.82) is 0 Å². The number of hydrogen-bond acceptors (Lipinski definition) is 2. The molecule has 17 heavy (non-hydrogen) atoms. The third-order valence-corrected chi connectivity index (χ3v) is 3.75. The summed E-state index contributed by atoms with van der Waals surface area (Å²) in [5, 5.41) is 9.99. The molecule has 1 aromatic carbocycles. The second-order valence-electron chi connectivity index (χ2n) is 4.88. The molecule has 0 aromatic heterocycles. The number of rotatable bonds is 5. The minimum Gasteiger partial charge on any atom is -0.396 e. The first-order valence-corrected chi connectivity index (χ1v) is 6.45. The number of hydrogen-bond donors (Lipinski definition) is 2. The van der Waals surface area contributed by atoms with Crippen molar-refractivity contribution in [2.75, 3.05) is 13.2 Å². The monoisotopic (exact) mass is 255 g/mol. The number of nitrogens with two attached hydrogens (primary N) is 1. The lowest BCUT2D eigenvalue weighted by molar-refractivity contribution is 0.217. The molecule has 2 atom stereocenters. The Hall–Kier alpha value is -0.570. The van der Waals surface area contributed by atoms with Gasteiger partial charge in [0.1, 0.15) is 0 Å². The van der Waals surface area contributed by atoms with E-state index in [1.165, 1.54) is 11.1 Å². The summed E-state index contributed by atoms with van der Waals surface area (Å²) in [7, 11) is 0. The predicted molar refractivity (Wildman–Crippen MR) is 73.6 cm³/mol. The van der Waals surface area contributed by atoms with Gasteiger partial charge in [0.15, 0.2) is 0 Å². The average Bonchev–Trinajstić information content (AvgIpc) is 2.30. The van der Waals surface area contributed by atoms with Crippen LogP contribution in [0.1, 0.15) is 36.0 Å². The van der Waals surface area contributed by atoms with Crippen LogP contribution in [-0.2, 0) is 0 Å². The molecule has 0 aliphatic carbocycles. The molecule has 0 fully saturated rings. The Morgan fingerprint density at radius 3 is 2.41 bits per heavy atom. The molecule has 3 N–H and O–H groups in total. The highest BCUT2D eigenvalue weighted by atomic mass is 35.5. The largest absolute Gasteiger partial charge is 0.396 e. The molecule has 2 unspecified atom stereocenters. The van der Waals surface area contributed by atoms with Gasteiger partial charge in [-0.2, -0.15) is 0 Å². The van der Waals surface area contributed by atoms with Crippen LogP contribution in [0.2, 0.25) is 5.02 Å². The number of benzene rings is 1. The van der Waals surface area contributed by atoms with E-state index in [9.17, 15) is 5.11 Å². The van der Waals surface area contributed by atoms with Gasteiger partial charge < -0.3 is 10.8 Å². The van der Waals surface area contributed by atoms with E-state index in [0.29, 0.717) is 12.5 Å². The smallest absolute Gasteiger partial charge is 0.0471 e. The molecule has 0 amide bonds. The Bertz CT molecular complexity index is 375. The van der Waals surface area contributed by atoms with Crippen LogP contribution in [0.4, 0.5) is 0 Å². The summed E-state index contributed by atoms with van der Waals surface area (Å²) in [6.45, 7) is 6.95. The standard InChI is InChI=1S/C14H22ClNO/c1-9-5-13(14(15)6-10(9)2)11(3)4-12(7-16)8-17/h5-6,11-12,17H,4,7-8,16H2,1-3H3. The van der Waals surface area contributed by atoms with E-state index >= 15 is 0 Å². The van der Waals surface area contributed by atoms with Crippen molar-refractivity contribution >= 4 is 11.6 Å². The lowest BCUT2D eigenvalue weighted by Gasteiger charge is -2.20. The van der Waals surface area contributed by atoms with Crippen LogP contribution in [0.5, 0.6) is 0 Å². The fourth-order valence-corrected chi connectivity index (χ4v) is 2.46. The van der Waals surface area contributed by atoms with E-state index in [-0.39, 0.29) is 12.5 Å². The quantitative estimate of drug-likeness (QED) is 0.850. The average molecular weight is 256 g/mol. The first kappa shape index (κ1) is 14.5. The molecule has 0 aliphatic rings. The van der Waals surface area contributed by atoms with Crippen molar-refractivity contribution in [3.05, 3.63) is 33.8 Å². The summed E-state index contributed by atoms with van der Waals surface area (Å²) >= 11 is 6.27.